The minimum absolute atomic E-state index is 0.137. The highest BCUT2D eigenvalue weighted by molar-refractivity contribution is 5.86. The minimum Gasteiger partial charge on any atom is -0.467 e. The number of amides is 1. The summed E-state index contributed by atoms with van der Waals surface area (Å²) < 4.78 is 31.1. The number of alkyl halides is 2. The summed E-state index contributed by atoms with van der Waals surface area (Å²) in [5, 5.41) is 2.65. The summed E-state index contributed by atoms with van der Waals surface area (Å²) in [5.74, 6) is -4.05. The van der Waals surface area contributed by atoms with E-state index in [1.54, 1.807) is 0 Å². The summed E-state index contributed by atoms with van der Waals surface area (Å²) in [6, 6.07) is 8.44. The van der Waals surface area contributed by atoms with Crippen molar-refractivity contribution in [1.29, 1.82) is 0 Å². The molecule has 1 aromatic rings. The zero-order valence-corrected chi connectivity index (χ0v) is 13.1. The highest BCUT2D eigenvalue weighted by atomic mass is 19.3. The van der Waals surface area contributed by atoms with Crippen molar-refractivity contribution in [3.63, 3.8) is 0 Å². The molecule has 1 aromatic carbocycles. The summed E-state index contributed by atoms with van der Waals surface area (Å²) in [6.07, 6.45) is 0.0115. The Hall–Kier alpha value is -1.98. The van der Waals surface area contributed by atoms with Crippen molar-refractivity contribution in [2.24, 2.45) is 5.92 Å². The van der Waals surface area contributed by atoms with Crippen molar-refractivity contribution < 1.29 is 23.1 Å². The molecule has 1 amide bonds. The molecule has 0 aromatic heterocycles. The van der Waals surface area contributed by atoms with Gasteiger partial charge in [0.25, 0.3) is 0 Å². The molecule has 1 aliphatic rings. The van der Waals surface area contributed by atoms with Gasteiger partial charge in [0, 0.05) is 25.2 Å². The van der Waals surface area contributed by atoms with E-state index >= 15 is 0 Å². The predicted molar refractivity (Wildman–Crippen MR) is 81.0 cm³/mol. The van der Waals surface area contributed by atoms with Crippen LogP contribution in [0.25, 0.3) is 0 Å². The topological polar surface area (TPSA) is 55.4 Å². The maximum atomic E-state index is 13.2. The Morgan fingerprint density at radius 2 is 1.87 bits per heavy atom. The molecule has 6 heteroatoms. The highest BCUT2D eigenvalue weighted by Gasteiger charge is 2.38. The molecule has 4 nitrogen and oxygen atoms in total. The van der Waals surface area contributed by atoms with Gasteiger partial charge < -0.3 is 10.1 Å². The number of esters is 1. The van der Waals surface area contributed by atoms with Gasteiger partial charge in [0.2, 0.25) is 11.8 Å². The zero-order chi connectivity index (χ0) is 16.9. The number of benzene rings is 1. The third-order valence-electron chi connectivity index (χ3n) is 4.17. The lowest BCUT2D eigenvalue weighted by atomic mass is 9.86. The van der Waals surface area contributed by atoms with E-state index in [-0.39, 0.29) is 31.6 Å². The number of ether oxygens (including phenoxy) is 1. The van der Waals surface area contributed by atoms with Gasteiger partial charge in [-0.05, 0) is 18.4 Å². The van der Waals surface area contributed by atoms with Crippen molar-refractivity contribution in [3.05, 3.63) is 35.9 Å². The number of carbonyl (C=O) groups excluding carboxylic acids is 2. The molecule has 0 bridgehead atoms. The average molecular weight is 325 g/mol. The van der Waals surface area contributed by atoms with E-state index in [0.29, 0.717) is 6.42 Å². The molecule has 1 N–H and O–H groups in total. The number of hydrogen-bond donors (Lipinski definition) is 1. The maximum Gasteiger partial charge on any atom is 0.328 e. The van der Waals surface area contributed by atoms with Gasteiger partial charge in [-0.3, -0.25) is 4.79 Å². The Balaban J connectivity index is 1.97. The normalized spacial score (nSPS) is 18.9. The molecule has 1 atom stereocenters. The first-order valence-corrected chi connectivity index (χ1v) is 7.71. The van der Waals surface area contributed by atoms with Crippen LogP contribution in [0.3, 0.4) is 0 Å². The average Bonchev–Trinajstić information content (AvgIpc) is 2.54. The van der Waals surface area contributed by atoms with Gasteiger partial charge in [-0.15, -0.1) is 0 Å². The maximum absolute atomic E-state index is 13.2. The quantitative estimate of drug-likeness (QED) is 0.847. The Labute approximate surface area is 134 Å². The monoisotopic (exact) mass is 325 g/mol. The van der Waals surface area contributed by atoms with Crippen LogP contribution in [0.4, 0.5) is 8.78 Å². The van der Waals surface area contributed by atoms with E-state index in [9.17, 15) is 18.4 Å². The fourth-order valence-electron chi connectivity index (χ4n) is 2.78. The van der Waals surface area contributed by atoms with Crippen molar-refractivity contribution >= 4 is 11.9 Å². The van der Waals surface area contributed by atoms with Crippen LogP contribution in [0.15, 0.2) is 30.3 Å². The lowest BCUT2D eigenvalue weighted by Gasteiger charge is -2.28. The van der Waals surface area contributed by atoms with E-state index in [1.165, 1.54) is 7.11 Å². The second-order valence-corrected chi connectivity index (χ2v) is 5.90. The summed E-state index contributed by atoms with van der Waals surface area (Å²) in [5.41, 5.74) is 0.887. The Kier molecular flexibility index (Phi) is 5.69. The molecule has 1 aliphatic carbocycles. The summed E-state index contributed by atoms with van der Waals surface area (Å²) in [4.78, 5) is 24.1. The van der Waals surface area contributed by atoms with Crippen molar-refractivity contribution in [2.75, 3.05) is 7.11 Å². The molecule has 0 radical (unpaired) electrons. The highest BCUT2D eigenvalue weighted by Crippen LogP contribution is 2.36. The van der Waals surface area contributed by atoms with Gasteiger partial charge in [-0.1, -0.05) is 30.3 Å². The van der Waals surface area contributed by atoms with Gasteiger partial charge in [-0.2, -0.15) is 0 Å². The number of halogens is 2. The lowest BCUT2D eigenvalue weighted by molar-refractivity contribution is -0.146. The van der Waals surface area contributed by atoms with Crippen LogP contribution in [-0.4, -0.2) is 31.0 Å². The molecule has 1 saturated carbocycles. The largest absolute Gasteiger partial charge is 0.467 e. The first kappa shape index (κ1) is 17.4. The van der Waals surface area contributed by atoms with Crippen LogP contribution in [0.2, 0.25) is 0 Å². The molecule has 1 fully saturated rings. The van der Waals surface area contributed by atoms with E-state index in [0.717, 1.165) is 5.56 Å². The van der Waals surface area contributed by atoms with Crippen LogP contribution < -0.4 is 5.32 Å². The number of carbonyl (C=O) groups is 2. The summed E-state index contributed by atoms with van der Waals surface area (Å²) in [7, 11) is 1.26. The third kappa shape index (κ3) is 5.01. The van der Waals surface area contributed by atoms with Gasteiger partial charge in [0.05, 0.1) is 7.11 Å². The van der Waals surface area contributed by atoms with E-state index in [4.69, 9.17) is 4.74 Å². The molecule has 2 rings (SSSR count). The fourth-order valence-corrected chi connectivity index (χ4v) is 2.78. The second kappa shape index (κ2) is 7.53. The first-order chi connectivity index (χ1) is 10.9. The standard InChI is InChI=1S/C17H21F2NO3/c1-23-16(22)14(11-12-5-3-2-4-6-12)20-15(21)13-7-9-17(18,19)10-8-13/h2-6,13-14H,7-11H2,1H3,(H,20,21). The van der Waals surface area contributed by atoms with Crippen LogP contribution in [0.1, 0.15) is 31.2 Å². The zero-order valence-electron chi connectivity index (χ0n) is 13.1. The number of methoxy groups -OCH3 is 1. The van der Waals surface area contributed by atoms with Crippen molar-refractivity contribution in [3.8, 4) is 0 Å². The summed E-state index contributed by atoms with van der Waals surface area (Å²) >= 11 is 0. The number of hydrogen-bond acceptors (Lipinski definition) is 3. The second-order valence-electron chi connectivity index (χ2n) is 5.90. The SMILES string of the molecule is COC(=O)C(Cc1ccccc1)NC(=O)C1CCC(F)(F)CC1. The predicted octanol–water partition coefficient (Wildman–Crippen LogP) is 2.71. The van der Waals surface area contributed by atoms with Crippen LogP contribution in [0.5, 0.6) is 0 Å². The Morgan fingerprint density at radius 1 is 1.26 bits per heavy atom. The van der Waals surface area contributed by atoms with E-state index < -0.39 is 23.9 Å². The van der Waals surface area contributed by atoms with Crippen molar-refractivity contribution in [2.45, 2.75) is 44.1 Å². The molecule has 1 unspecified atom stereocenters. The minimum atomic E-state index is -2.68. The molecule has 0 aliphatic heterocycles. The smallest absolute Gasteiger partial charge is 0.328 e. The van der Waals surface area contributed by atoms with E-state index in [2.05, 4.69) is 5.32 Å². The van der Waals surface area contributed by atoms with Gasteiger partial charge in [0.1, 0.15) is 6.04 Å². The molecule has 0 saturated heterocycles. The van der Waals surface area contributed by atoms with Gasteiger partial charge in [-0.25, -0.2) is 13.6 Å². The summed E-state index contributed by atoms with van der Waals surface area (Å²) in [6.45, 7) is 0. The Morgan fingerprint density at radius 3 is 2.43 bits per heavy atom. The van der Waals surface area contributed by atoms with Crippen LogP contribution in [-0.2, 0) is 20.7 Å². The molecular formula is C17H21F2NO3. The number of nitrogens with one attached hydrogen (secondary N) is 1. The molecule has 23 heavy (non-hydrogen) atoms. The van der Waals surface area contributed by atoms with Gasteiger partial charge in [0.15, 0.2) is 0 Å². The number of rotatable bonds is 5. The van der Waals surface area contributed by atoms with Gasteiger partial charge >= 0.3 is 5.97 Å². The first-order valence-electron chi connectivity index (χ1n) is 7.71. The Bertz CT molecular complexity index is 538. The molecule has 126 valence electrons. The molecule has 0 spiro atoms. The lowest BCUT2D eigenvalue weighted by Crippen LogP contribution is -2.46. The molecular weight excluding hydrogens is 304 g/mol. The van der Waals surface area contributed by atoms with Crippen molar-refractivity contribution in [1.82, 2.24) is 5.32 Å². The molecule has 0 heterocycles. The van der Waals surface area contributed by atoms with Crippen LogP contribution >= 0.6 is 0 Å². The fraction of sp³-hybridized carbons (Fsp3) is 0.529. The third-order valence-corrected chi connectivity index (χ3v) is 4.17. The van der Waals surface area contributed by atoms with E-state index in [1.807, 2.05) is 30.3 Å². The van der Waals surface area contributed by atoms with Crippen LogP contribution in [0, 0.1) is 5.92 Å².